The van der Waals surface area contributed by atoms with Gasteiger partial charge in [-0.15, -0.1) is 0 Å². The molecule has 0 fully saturated rings. The summed E-state index contributed by atoms with van der Waals surface area (Å²) in [7, 11) is 0. The standard InChI is InChI=1S/C14H15ClF3N3/c1-3-21-8-10(7-19-21)9(2)20-13-5-11(14(16,17)18)4-12(15)6-13/h4-9,20H,3H2,1-2H3. The Labute approximate surface area is 125 Å². The van der Waals surface area contributed by atoms with E-state index in [2.05, 4.69) is 10.4 Å². The predicted octanol–water partition coefficient (Wildman–Crippen LogP) is 4.75. The summed E-state index contributed by atoms with van der Waals surface area (Å²) in [6.45, 7) is 4.55. The molecule has 0 aliphatic carbocycles. The van der Waals surface area contributed by atoms with E-state index in [1.165, 1.54) is 6.07 Å². The minimum absolute atomic E-state index is 0.0452. The molecule has 0 bridgehead atoms. The molecule has 1 heterocycles. The van der Waals surface area contributed by atoms with E-state index >= 15 is 0 Å². The smallest absolute Gasteiger partial charge is 0.378 e. The second-order valence-corrected chi connectivity index (χ2v) is 5.16. The highest BCUT2D eigenvalue weighted by molar-refractivity contribution is 6.30. The van der Waals surface area contributed by atoms with Crippen molar-refractivity contribution in [1.82, 2.24) is 9.78 Å². The van der Waals surface area contributed by atoms with Crippen LogP contribution in [0.15, 0.2) is 30.6 Å². The quantitative estimate of drug-likeness (QED) is 0.882. The first-order chi connectivity index (χ1) is 9.79. The highest BCUT2D eigenvalue weighted by atomic mass is 35.5. The zero-order valence-corrected chi connectivity index (χ0v) is 12.3. The summed E-state index contributed by atoms with van der Waals surface area (Å²) in [5, 5.41) is 7.20. The summed E-state index contributed by atoms with van der Waals surface area (Å²) in [5.41, 5.74) is 0.450. The number of benzene rings is 1. The van der Waals surface area contributed by atoms with Gasteiger partial charge < -0.3 is 5.32 Å². The Balaban J connectivity index is 2.20. The third-order valence-electron chi connectivity index (χ3n) is 3.09. The Kier molecular flexibility index (Phi) is 4.46. The number of hydrogen-bond acceptors (Lipinski definition) is 2. The van der Waals surface area contributed by atoms with Crippen molar-refractivity contribution in [2.75, 3.05) is 5.32 Å². The van der Waals surface area contributed by atoms with Gasteiger partial charge in [-0.1, -0.05) is 11.6 Å². The lowest BCUT2D eigenvalue weighted by molar-refractivity contribution is -0.137. The zero-order valence-electron chi connectivity index (χ0n) is 11.6. The normalized spacial score (nSPS) is 13.2. The van der Waals surface area contributed by atoms with Gasteiger partial charge in [0.15, 0.2) is 0 Å². The summed E-state index contributed by atoms with van der Waals surface area (Å²) in [5.74, 6) is 0. The van der Waals surface area contributed by atoms with Crippen molar-refractivity contribution >= 4 is 17.3 Å². The van der Waals surface area contributed by atoms with Crippen molar-refractivity contribution in [3.8, 4) is 0 Å². The molecule has 1 unspecified atom stereocenters. The molecule has 1 aromatic carbocycles. The maximum atomic E-state index is 12.8. The number of aromatic nitrogens is 2. The minimum atomic E-state index is -4.42. The maximum absolute atomic E-state index is 12.8. The van der Waals surface area contributed by atoms with Crippen LogP contribution >= 0.6 is 11.6 Å². The van der Waals surface area contributed by atoms with Gasteiger partial charge in [0, 0.05) is 29.0 Å². The van der Waals surface area contributed by atoms with Crippen molar-refractivity contribution in [3.63, 3.8) is 0 Å². The van der Waals surface area contributed by atoms with Crippen LogP contribution in [-0.2, 0) is 12.7 Å². The average Bonchev–Trinajstić information content (AvgIpc) is 2.85. The largest absolute Gasteiger partial charge is 0.416 e. The number of aryl methyl sites for hydroxylation is 1. The fraction of sp³-hybridized carbons (Fsp3) is 0.357. The molecule has 114 valence electrons. The third-order valence-corrected chi connectivity index (χ3v) is 3.30. The van der Waals surface area contributed by atoms with Crippen molar-refractivity contribution in [2.24, 2.45) is 0 Å². The molecule has 0 saturated heterocycles. The third kappa shape index (κ3) is 3.91. The lowest BCUT2D eigenvalue weighted by Crippen LogP contribution is -2.09. The predicted molar refractivity (Wildman–Crippen MR) is 76.4 cm³/mol. The molecule has 0 radical (unpaired) electrons. The van der Waals surface area contributed by atoms with Crippen LogP contribution in [0, 0.1) is 0 Å². The van der Waals surface area contributed by atoms with Crippen LogP contribution < -0.4 is 5.32 Å². The minimum Gasteiger partial charge on any atom is -0.378 e. The van der Waals surface area contributed by atoms with Crippen LogP contribution in [0.1, 0.15) is 31.0 Å². The second kappa shape index (κ2) is 5.97. The molecular formula is C14H15ClF3N3. The molecule has 0 saturated carbocycles. The topological polar surface area (TPSA) is 29.9 Å². The zero-order chi connectivity index (χ0) is 15.6. The first kappa shape index (κ1) is 15.7. The molecule has 3 nitrogen and oxygen atoms in total. The number of hydrogen-bond donors (Lipinski definition) is 1. The monoisotopic (exact) mass is 317 g/mol. The van der Waals surface area contributed by atoms with Crippen molar-refractivity contribution in [3.05, 3.63) is 46.7 Å². The molecule has 0 aliphatic heterocycles. The molecule has 2 rings (SSSR count). The first-order valence-electron chi connectivity index (χ1n) is 6.46. The summed E-state index contributed by atoms with van der Waals surface area (Å²) < 4.78 is 40.0. The SMILES string of the molecule is CCn1cc(C(C)Nc2cc(Cl)cc(C(F)(F)F)c2)cn1. The molecular weight excluding hydrogens is 303 g/mol. The summed E-state index contributed by atoms with van der Waals surface area (Å²) in [4.78, 5) is 0. The number of halogens is 4. The molecule has 0 aliphatic rings. The molecule has 1 N–H and O–H groups in total. The van der Waals surface area contributed by atoms with Crippen LogP contribution in [0.5, 0.6) is 0 Å². The van der Waals surface area contributed by atoms with Crippen LogP contribution in [0.4, 0.5) is 18.9 Å². The van der Waals surface area contributed by atoms with Crippen molar-refractivity contribution in [2.45, 2.75) is 32.6 Å². The van der Waals surface area contributed by atoms with E-state index in [1.54, 1.807) is 10.9 Å². The van der Waals surface area contributed by atoms with Gasteiger partial charge in [-0.25, -0.2) is 0 Å². The lowest BCUT2D eigenvalue weighted by Gasteiger charge is -2.16. The van der Waals surface area contributed by atoms with E-state index in [0.717, 1.165) is 24.2 Å². The van der Waals surface area contributed by atoms with Crippen LogP contribution in [0.25, 0.3) is 0 Å². The maximum Gasteiger partial charge on any atom is 0.416 e. The molecule has 21 heavy (non-hydrogen) atoms. The van der Waals surface area contributed by atoms with E-state index in [0.29, 0.717) is 5.69 Å². The second-order valence-electron chi connectivity index (χ2n) is 4.72. The summed E-state index contributed by atoms with van der Waals surface area (Å²) in [6, 6.07) is 3.25. The van der Waals surface area contributed by atoms with Gasteiger partial charge in [0.1, 0.15) is 0 Å². The van der Waals surface area contributed by atoms with Crippen molar-refractivity contribution < 1.29 is 13.2 Å². The van der Waals surface area contributed by atoms with Crippen molar-refractivity contribution in [1.29, 1.82) is 0 Å². The highest BCUT2D eigenvalue weighted by Crippen LogP contribution is 2.34. The van der Waals surface area contributed by atoms with E-state index < -0.39 is 11.7 Å². The van der Waals surface area contributed by atoms with E-state index in [9.17, 15) is 13.2 Å². The fourth-order valence-corrected chi connectivity index (χ4v) is 2.18. The van der Waals surface area contributed by atoms with Gasteiger partial charge in [0.2, 0.25) is 0 Å². The number of alkyl halides is 3. The molecule has 2 aromatic rings. The van der Waals surface area contributed by atoms with Gasteiger partial charge >= 0.3 is 6.18 Å². The van der Waals surface area contributed by atoms with Gasteiger partial charge in [0.25, 0.3) is 0 Å². The molecule has 1 aromatic heterocycles. The Morgan fingerprint density at radius 3 is 2.62 bits per heavy atom. The van der Waals surface area contributed by atoms with Gasteiger partial charge in [0.05, 0.1) is 17.8 Å². The number of rotatable bonds is 4. The Hall–Kier alpha value is -1.69. The van der Waals surface area contributed by atoms with Gasteiger partial charge in [-0.2, -0.15) is 18.3 Å². The molecule has 0 spiro atoms. The van der Waals surface area contributed by atoms with Gasteiger partial charge in [-0.05, 0) is 32.0 Å². The average molecular weight is 318 g/mol. The first-order valence-corrected chi connectivity index (χ1v) is 6.84. The summed E-state index contributed by atoms with van der Waals surface area (Å²) in [6.07, 6.45) is -0.874. The summed E-state index contributed by atoms with van der Waals surface area (Å²) >= 11 is 5.76. The number of nitrogens with zero attached hydrogens (tertiary/aromatic N) is 2. The molecule has 0 amide bonds. The Morgan fingerprint density at radius 2 is 2.05 bits per heavy atom. The van der Waals surface area contributed by atoms with Crippen LogP contribution in [0.2, 0.25) is 5.02 Å². The number of nitrogens with one attached hydrogen (secondary N) is 1. The Bertz CT molecular complexity index is 622. The van der Waals surface area contributed by atoms with E-state index in [4.69, 9.17) is 11.6 Å². The highest BCUT2D eigenvalue weighted by Gasteiger charge is 2.31. The van der Waals surface area contributed by atoms with E-state index in [1.807, 2.05) is 20.0 Å². The fourth-order valence-electron chi connectivity index (χ4n) is 1.95. The Morgan fingerprint density at radius 1 is 1.33 bits per heavy atom. The lowest BCUT2D eigenvalue weighted by atomic mass is 10.1. The van der Waals surface area contributed by atoms with E-state index in [-0.39, 0.29) is 11.1 Å². The van der Waals surface area contributed by atoms with Crippen LogP contribution in [0.3, 0.4) is 0 Å². The van der Waals surface area contributed by atoms with Gasteiger partial charge in [-0.3, -0.25) is 4.68 Å². The molecule has 1 atom stereocenters. The molecule has 7 heteroatoms. The number of anilines is 1. The van der Waals surface area contributed by atoms with Crippen LogP contribution in [-0.4, -0.2) is 9.78 Å².